The van der Waals surface area contributed by atoms with Gasteiger partial charge in [0.15, 0.2) is 12.1 Å². The number of nitrogens with zero attached hydrogens (tertiary/aromatic N) is 1. The van der Waals surface area contributed by atoms with Crippen molar-refractivity contribution in [2.24, 2.45) is 0 Å². The zero-order valence-electron chi connectivity index (χ0n) is 18.0. The molecule has 0 aliphatic carbocycles. The van der Waals surface area contributed by atoms with Crippen LogP contribution >= 0.6 is 0 Å². The summed E-state index contributed by atoms with van der Waals surface area (Å²) in [5, 5.41) is 9.28. The Hall–Kier alpha value is -2.27. The minimum absolute atomic E-state index is 0.281. The van der Waals surface area contributed by atoms with E-state index in [1.165, 1.54) is 0 Å². The summed E-state index contributed by atoms with van der Waals surface area (Å²) in [6.45, 7) is 4.88. The van der Waals surface area contributed by atoms with Crippen molar-refractivity contribution in [3.05, 3.63) is 71.8 Å². The molecule has 4 atom stereocenters. The zero-order valence-corrected chi connectivity index (χ0v) is 18.0. The molecule has 0 radical (unpaired) electrons. The highest BCUT2D eigenvalue weighted by atomic mass is 16.8. The smallest absolute Gasteiger partial charge is 0.190 e. The first-order valence-corrected chi connectivity index (χ1v) is 10.7. The Labute approximate surface area is 183 Å². The van der Waals surface area contributed by atoms with Gasteiger partial charge in [-0.15, -0.1) is 0 Å². The Morgan fingerprint density at radius 1 is 0.903 bits per heavy atom. The van der Waals surface area contributed by atoms with Gasteiger partial charge >= 0.3 is 0 Å². The van der Waals surface area contributed by atoms with Crippen LogP contribution in [0.4, 0.5) is 0 Å². The van der Waals surface area contributed by atoms with Crippen molar-refractivity contribution >= 4 is 0 Å². The lowest BCUT2D eigenvalue weighted by Crippen LogP contribution is -2.50. The lowest BCUT2D eigenvalue weighted by atomic mass is 9.90. The Morgan fingerprint density at radius 3 is 2.19 bits per heavy atom. The summed E-state index contributed by atoms with van der Waals surface area (Å²) in [6.07, 6.45) is -0.586. The van der Waals surface area contributed by atoms with Crippen molar-refractivity contribution in [2.75, 3.05) is 6.61 Å². The van der Waals surface area contributed by atoms with Crippen LogP contribution in [0.5, 0.6) is 0 Å². The molecule has 0 bridgehead atoms. The molecule has 2 heterocycles. The number of hydrogen-bond acceptors (Lipinski definition) is 6. The summed E-state index contributed by atoms with van der Waals surface area (Å²) in [5.74, 6) is -0.754. The van der Waals surface area contributed by atoms with Gasteiger partial charge in [-0.05, 0) is 31.4 Å². The second-order valence-electron chi connectivity index (χ2n) is 8.50. The van der Waals surface area contributed by atoms with E-state index in [9.17, 15) is 5.26 Å². The molecule has 4 rings (SSSR count). The van der Waals surface area contributed by atoms with Crippen LogP contribution < -0.4 is 0 Å². The summed E-state index contributed by atoms with van der Waals surface area (Å²) in [4.78, 5) is 0. The Kier molecular flexibility index (Phi) is 6.71. The molecule has 6 nitrogen and oxygen atoms in total. The average Bonchev–Trinajstić information content (AvgIpc) is 3.21. The van der Waals surface area contributed by atoms with Crippen molar-refractivity contribution in [1.82, 2.24) is 0 Å². The number of nitriles is 1. The van der Waals surface area contributed by atoms with Crippen molar-refractivity contribution in [3.8, 4) is 6.07 Å². The molecule has 0 saturated carbocycles. The first-order valence-electron chi connectivity index (χ1n) is 10.7. The van der Waals surface area contributed by atoms with Gasteiger partial charge < -0.3 is 23.7 Å². The van der Waals surface area contributed by atoms with Gasteiger partial charge in [-0.1, -0.05) is 60.7 Å². The number of hydrogen-bond donors (Lipinski definition) is 0. The van der Waals surface area contributed by atoms with Gasteiger partial charge in [0.25, 0.3) is 0 Å². The lowest BCUT2D eigenvalue weighted by molar-refractivity contribution is -0.256. The fourth-order valence-corrected chi connectivity index (χ4v) is 4.23. The molecule has 2 aromatic carbocycles. The van der Waals surface area contributed by atoms with E-state index in [-0.39, 0.29) is 6.61 Å². The predicted octanol–water partition coefficient (Wildman–Crippen LogP) is 4.34. The van der Waals surface area contributed by atoms with Crippen LogP contribution in [-0.4, -0.2) is 36.5 Å². The second-order valence-corrected chi connectivity index (χ2v) is 8.50. The van der Waals surface area contributed by atoms with Gasteiger partial charge in [0.2, 0.25) is 0 Å². The maximum atomic E-state index is 9.28. The van der Waals surface area contributed by atoms with Crippen LogP contribution in [0, 0.1) is 11.3 Å². The van der Waals surface area contributed by atoms with E-state index in [2.05, 4.69) is 6.07 Å². The summed E-state index contributed by atoms with van der Waals surface area (Å²) < 4.78 is 31.0. The third-order valence-corrected chi connectivity index (χ3v) is 5.65. The zero-order chi connectivity index (χ0) is 21.7. The summed E-state index contributed by atoms with van der Waals surface area (Å²) in [6, 6.07) is 22.2. The molecule has 0 spiro atoms. The van der Waals surface area contributed by atoms with Crippen LogP contribution in [0.15, 0.2) is 60.7 Å². The third kappa shape index (κ3) is 5.15. The van der Waals surface area contributed by atoms with Gasteiger partial charge in [-0.25, -0.2) is 0 Å². The highest BCUT2D eigenvalue weighted by Gasteiger charge is 2.62. The second kappa shape index (κ2) is 9.47. The first kappa shape index (κ1) is 21.9. The maximum absolute atomic E-state index is 9.28. The molecule has 0 unspecified atom stereocenters. The van der Waals surface area contributed by atoms with Crippen LogP contribution in [0.25, 0.3) is 0 Å². The summed E-state index contributed by atoms with van der Waals surface area (Å²) >= 11 is 0. The molecule has 2 fully saturated rings. The topological polar surface area (TPSA) is 69.9 Å². The molecule has 164 valence electrons. The van der Waals surface area contributed by atoms with Crippen LogP contribution in [0.2, 0.25) is 0 Å². The third-order valence-electron chi connectivity index (χ3n) is 5.65. The number of ether oxygens (including phenoxy) is 5. The van der Waals surface area contributed by atoms with E-state index in [4.69, 9.17) is 23.7 Å². The first-order chi connectivity index (χ1) is 15.0. The summed E-state index contributed by atoms with van der Waals surface area (Å²) in [5.41, 5.74) is 1.31. The molecule has 6 heteroatoms. The van der Waals surface area contributed by atoms with E-state index in [0.717, 1.165) is 11.1 Å². The minimum atomic E-state index is -0.828. The molecule has 0 aromatic heterocycles. The normalized spacial score (nSPS) is 28.9. The van der Waals surface area contributed by atoms with Crippen molar-refractivity contribution in [2.45, 2.75) is 69.8 Å². The van der Waals surface area contributed by atoms with E-state index in [1.807, 2.05) is 74.5 Å². The molecule has 2 aliphatic heterocycles. The van der Waals surface area contributed by atoms with E-state index < -0.39 is 29.9 Å². The van der Waals surface area contributed by atoms with Crippen LogP contribution in [0.1, 0.15) is 37.8 Å². The molecule has 0 N–H and O–H groups in total. The fraction of sp³-hybridized carbons (Fsp3) is 0.480. The molecular formula is C25H29NO5. The van der Waals surface area contributed by atoms with Crippen molar-refractivity contribution < 1.29 is 23.7 Å². The SMILES string of the molecule is CC1(C)O[C@H]2O[C@](CCC#N)(COCc3ccccc3)[C@@H](OCc3ccccc3)[C@H]2O1. The highest BCUT2D eigenvalue weighted by Crippen LogP contribution is 2.46. The fourth-order valence-electron chi connectivity index (χ4n) is 4.23. The molecule has 0 amide bonds. The van der Waals surface area contributed by atoms with Gasteiger partial charge in [0, 0.05) is 6.42 Å². The summed E-state index contributed by atoms with van der Waals surface area (Å²) in [7, 11) is 0. The molecule has 2 aliphatic rings. The quantitative estimate of drug-likeness (QED) is 0.598. The van der Waals surface area contributed by atoms with E-state index >= 15 is 0 Å². The van der Waals surface area contributed by atoms with Crippen molar-refractivity contribution in [1.29, 1.82) is 5.26 Å². The maximum Gasteiger partial charge on any atom is 0.190 e. The van der Waals surface area contributed by atoms with Gasteiger partial charge in [-0.2, -0.15) is 5.26 Å². The van der Waals surface area contributed by atoms with E-state index in [0.29, 0.717) is 26.1 Å². The van der Waals surface area contributed by atoms with E-state index in [1.54, 1.807) is 0 Å². The molecule has 31 heavy (non-hydrogen) atoms. The van der Waals surface area contributed by atoms with Gasteiger partial charge in [0.05, 0.1) is 25.9 Å². The molecule has 2 saturated heterocycles. The number of rotatable bonds is 9. The minimum Gasteiger partial charge on any atom is -0.374 e. The monoisotopic (exact) mass is 423 g/mol. The number of fused-ring (bicyclic) bond motifs is 1. The Bertz CT molecular complexity index is 882. The Balaban J connectivity index is 1.53. The standard InChI is InChI=1S/C25H29NO5/c1-24(2)29-21-22(28-17-20-12-7-4-8-13-20)25(14-9-15-26,31-23(21)30-24)18-27-16-19-10-5-3-6-11-19/h3-8,10-13,21-23H,9,14,16-18H2,1-2H3/t21-,22+,23+,25-/m1/s1. The van der Waals surface area contributed by atoms with Gasteiger partial charge in [0.1, 0.15) is 17.8 Å². The average molecular weight is 424 g/mol. The van der Waals surface area contributed by atoms with Crippen molar-refractivity contribution in [3.63, 3.8) is 0 Å². The molecular weight excluding hydrogens is 394 g/mol. The lowest BCUT2D eigenvalue weighted by Gasteiger charge is -2.36. The largest absolute Gasteiger partial charge is 0.374 e. The van der Waals surface area contributed by atoms with Gasteiger partial charge in [-0.3, -0.25) is 0 Å². The predicted molar refractivity (Wildman–Crippen MR) is 114 cm³/mol. The molecule has 2 aromatic rings. The number of benzene rings is 2. The van der Waals surface area contributed by atoms with Crippen LogP contribution in [0.3, 0.4) is 0 Å². The Morgan fingerprint density at radius 2 is 1.55 bits per heavy atom. The highest BCUT2D eigenvalue weighted by molar-refractivity contribution is 5.15. The van der Waals surface area contributed by atoms with Crippen LogP contribution in [-0.2, 0) is 36.9 Å².